The van der Waals surface area contributed by atoms with Gasteiger partial charge in [0.1, 0.15) is 10.4 Å². The second kappa shape index (κ2) is 5.54. The molecule has 1 amide bonds. The summed E-state index contributed by atoms with van der Waals surface area (Å²) >= 11 is 6.20. The monoisotopic (exact) mass is 293 g/mol. The third kappa shape index (κ3) is 2.85. The second-order valence-electron chi connectivity index (χ2n) is 3.98. The zero-order valence-electron chi connectivity index (χ0n) is 10.1. The van der Waals surface area contributed by atoms with Gasteiger partial charge in [0.2, 0.25) is 0 Å². The van der Waals surface area contributed by atoms with Crippen molar-refractivity contribution in [2.24, 2.45) is 0 Å². The molecule has 1 heterocycles. The fraction of sp³-hybridized carbons (Fsp3) is 0.154. The topological polar surface area (TPSA) is 57.6 Å². The molecule has 1 aliphatic rings. The Kier molecular flexibility index (Phi) is 4.01. The highest BCUT2D eigenvalue weighted by molar-refractivity contribution is 8.26. The first-order valence-corrected chi connectivity index (χ1v) is 6.78. The van der Waals surface area contributed by atoms with E-state index in [9.17, 15) is 9.59 Å². The Morgan fingerprint density at radius 1 is 1.42 bits per heavy atom. The van der Waals surface area contributed by atoms with Gasteiger partial charge in [0.05, 0.1) is 4.91 Å². The van der Waals surface area contributed by atoms with E-state index in [0.717, 1.165) is 22.2 Å². The summed E-state index contributed by atoms with van der Waals surface area (Å²) in [5.41, 5.74) is 0.881. The number of hydrogen-bond acceptors (Lipinski definition) is 4. The van der Waals surface area contributed by atoms with Crippen molar-refractivity contribution in [2.45, 2.75) is 13.0 Å². The average Bonchev–Trinajstić information content (AvgIpc) is 2.65. The third-order valence-electron chi connectivity index (χ3n) is 2.67. The van der Waals surface area contributed by atoms with Crippen molar-refractivity contribution in [3.63, 3.8) is 0 Å². The number of aliphatic carboxylic acids is 1. The van der Waals surface area contributed by atoms with Gasteiger partial charge in [0.15, 0.2) is 0 Å². The maximum Gasteiger partial charge on any atom is 0.326 e. The first kappa shape index (κ1) is 13.8. The Labute approximate surface area is 120 Å². The zero-order valence-corrected chi connectivity index (χ0v) is 11.7. The van der Waals surface area contributed by atoms with Crippen LogP contribution in [0.4, 0.5) is 0 Å². The zero-order chi connectivity index (χ0) is 14.0. The molecule has 0 aliphatic carbocycles. The molecule has 0 unspecified atom stereocenters. The fourth-order valence-electron chi connectivity index (χ4n) is 1.62. The van der Waals surface area contributed by atoms with Gasteiger partial charge in [-0.25, -0.2) is 4.79 Å². The van der Waals surface area contributed by atoms with Gasteiger partial charge in [-0.15, -0.1) is 0 Å². The minimum atomic E-state index is -1.07. The van der Waals surface area contributed by atoms with E-state index in [-0.39, 0.29) is 10.2 Å². The molecule has 0 saturated carbocycles. The van der Waals surface area contributed by atoms with Crippen molar-refractivity contribution in [1.82, 2.24) is 4.90 Å². The molecule has 1 N–H and O–H groups in total. The predicted octanol–water partition coefficient (Wildman–Crippen LogP) is 2.36. The van der Waals surface area contributed by atoms with E-state index < -0.39 is 12.0 Å². The van der Waals surface area contributed by atoms with E-state index in [1.54, 1.807) is 6.08 Å². The molecule has 6 heteroatoms. The number of rotatable bonds is 3. The molecular formula is C13H11NO3S2. The molecule has 0 aromatic heterocycles. The van der Waals surface area contributed by atoms with Gasteiger partial charge in [-0.2, -0.15) is 0 Å². The third-order valence-corrected chi connectivity index (χ3v) is 4.00. The van der Waals surface area contributed by atoms with Crippen LogP contribution in [0.15, 0.2) is 35.2 Å². The highest BCUT2D eigenvalue weighted by Crippen LogP contribution is 2.33. The number of carbonyl (C=O) groups is 2. The number of nitrogens with zero attached hydrogens (tertiary/aromatic N) is 1. The number of carboxylic acids is 1. The van der Waals surface area contributed by atoms with E-state index in [2.05, 4.69) is 0 Å². The lowest BCUT2D eigenvalue weighted by molar-refractivity contribution is -0.144. The molecule has 98 valence electrons. The number of hydrogen-bond donors (Lipinski definition) is 1. The minimum absolute atomic E-state index is 0.280. The van der Waals surface area contributed by atoms with Gasteiger partial charge < -0.3 is 5.11 Å². The molecule has 1 fully saturated rings. The van der Waals surface area contributed by atoms with Gasteiger partial charge >= 0.3 is 5.97 Å². The molecule has 1 aliphatic heterocycles. The number of carboxylic acid groups (broad SMARTS) is 1. The standard InChI is InChI=1S/C13H11NO3S2/c1-8(12(16)17)14-11(15)10(19-13(14)18)7-9-5-3-2-4-6-9/h2-8H,1H3,(H,16,17)/b10-7-/t8-/m1/s1. The van der Waals surface area contributed by atoms with Gasteiger partial charge in [-0.3, -0.25) is 9.69 Å². The molecule has 1 aromatic carbocycles. The van der Waals surface area contributed by atoms with Gasteiger partial charge in [-0.1, -0.05) is 54.3 Å². The van der Waals surface area contributed by atoms with Crippen LogP contribution in [0.3, 0.4) is 0 Å². The Balaban J connectivity index is 2.28. The molecular weight excluding hydrogens is 282 g/mol. The van der Waals surface area contributed by atoms with Crippen LogP contribution < -0.4 is 0 Å². The summed E-state index contributed by atoms with van der Waals surface area (Å²) in [4.78, 5) is 24.7. The van der Waals surface area contributed by atoms with E-state index in [1.165, 1.54) is 6.92 Å². The molecule has 0 radical (unpaired) electrons. The summed E-state index contributed by atoms with van der Waals surface area (Å²) < 4.78 is 0.280. The average molecular weight is 293 g/mol. The molecule has 19 heavy (non-hydrogen) atoms. The van der Waals surface area contributed by atoms with E-state index in [1.807, 2.05) is 30.3 Å². The quantitative estimate of drug-likeness (QED) is 0.685. The summed E-state index contributed by atoms with van der Waals surface area (Å²) in [6.07, 6.45) is 1.72. The van der Waals surface area contributed by atoms with E-state index >= 15 is 0 Å². The molecule has 1 saturated heterocycles. The number of thiocarbonyl (C=S) groups is 1. The van der Waals surface area contributed by atoms with Crippen molar-refractivity contribution in [3.8, 4) is 0 Å². The predicted molar refractivity (Wildman–Crippen MR) is 78.6 cm³/mol. The first-order chi connectivity index (χ1) is 9.00. The second-order valence-corrected chi connectivity index (χ2v) is 5.65. The summed E-state index contributed by atoms with van der Waals surface area (Å²) in [6, 6.07) is 8.41. The van der Waals surface area contributed by atoms with Crippen molar-refractivity contribution >= 4 is 46.3 Å². The van der Waals surface area contributed by atoms with Crippen LogP contribution in [0.25, 0.3) is 6.08 Å². The van der Waals surface area contributed by atoms with Crippen LogP contribution in [0.2, 0.25) is 0 Å². The van der Waals surface area contributed by atoms with E-state index in [4.69, 9.17) is 17.3 Å². The van der Waals surface area contributed by atoms with Crippen LogP contribution in [-0.4, -0.2) is 32.2 Å². The van der Waals surface area contributed by atoms with Crippen LogP contribution in [0, 0.1) is 0 Å². The molecule has 2 rings (SSSR count). The molecule has 0 bridgehead atoms. The maximum atomic E-state index is 12.2. The van der Waals surface area contributed by atoms with Crippen molar-refractivity contribution in [1.29, 1.82) is 0 Å². The Hall–Kier alpha value is -1.66. The lowest BCUT2D eigenvalue weighted by Crippen LogP contribution is -2.41. The van der Waals surface area contributed by atoms with Crippen molar-refractivity contribution < 1.29 is 14.7 Å². The van der Waals surface area contributed by atoms with Gasteiger partial charge in [0, 0.05) is 0 Å². The Morgan fingerprint density at radius 2 is 2.05 bits per heavy atom. The summed E-state index contributed by atoms with van der Waals surface area (Å²) in [5, 5.41) is 8.97. The molecule has 4 nitrogen and oxygen atoms in total. The normalized spacial score (nSPS) is 19.0. The Morgan fingerprint density at radius 3 is 2.63 bits per heavy atom. The molecule has 1 aromatic rings. The Bertz CT molecular complexity index is 569. The lowest BCUT2D eigenvalue weighted by Gasteiger charge is -2.18. The number of carbonyl (C=O) groups excluding carboxylic acids is 1. The van der Waals surface area contributed by atoms with Crippen LogP contribution in [0.5, 0.6) is 0 Å². The molecule has 1 atom stereocenters. The van der Waals surface area contributed by atoms with Gasteiger partial charge in [0.25, 0.3) is 5.91 Å². The van der Waals surface area contributed by atoms with Crippen LogP contribution >= 0.6 is 24.0 Å². The van der Waals surface area contributed by atoms with Crippen LogP contribution in [0.1, 0.15) is 12.5 Å². The highest BCUT2D eigenvalue weighted by atomic mass is 32.2. The summed E-state index contributed by atoms with van der Waals surface area (Å²) in [5.74, 6) is -1.42. The number of thioether (sulfide) groups is 1. The summed E-state index contributed by atoms with van der Waals surface area (Å²) in [7, 11) is 0. The first-order valence-electron chi connectivity index (χ1n) is 5.55. The lowest BCUT2D eigenvalue weighted by atomic mass is 10.2. The summed E-state index contributed by atoms with van der Waals surface area (Å²) in [6.45, 7) is 1.44. The fourth-order valence-corrected chi connectivity index (χ4v) is 3.04. The van der Waals surface area contributed by atoms with Crippen LogP contribution in [-0.2, 0) is 9.59 Å². The van der Waals surface area contributed by atoms with Crippen molar-refractivity contribution in [3.05, 3.63) is 40.8 Å². The van der Waals surface area contributed by atoms with Crippen molar-refractivity contribution in [2.75, 3.05) is 0 Å². The van der Waals surface area contributed by atoms with E-state index in [0.29, 0.717) is 4.91 Å². The van der Waals surface area contributed by atoms with Gasteiger partial charge in [-0.05, 0) is 18.6 Å². The smallest absolute Gasteiger partial charge is 0.326 e. The SMILES string of the molecule is C[C@H](C(=O)O)N1C(=O)/C(=C/c2ccccc2)SC1=S. The minimum Gasteiger partial charge on any atom is -0.480 e. The largest absolute Gasteiger partial charge is 0.480 e. The maximum absolute atomic E-state index is 12.2. The molecule has 0 spiro atoms. The number of benzene rings is 1. The number of amides is 1. The highest BCUT2D eigenvalue weighted by Gasteiger charge is 2.38.